The van der Waals surface area contributed by atoms with Gasteiger partial charge in [0.1, 0.15) is 0 Å². The van der Waals surface area contributed by atoms with Gasteiger partial charge in [-0.3, -0.25) is 0 Å². The monoisotopic (exact) mass is 212 g/mol. The zero-order valence-corrected chi connectivity index (χ0v) is 9.29. The summed E-state index contributed by atoms with van der Waals surface area (Å²) in [5, 5.41) is 5.19. The maximum Gasteiger partial charge on any atom is 0.0459 e. The normalized spacial score (nSPS) is 28.0. The fourth-order valence-corrected chi connectivity index (χ4v) is 3.43. The molecule has 0 amide bonds. The van der Waals surface area contributed by atoms with Gasteiger partial charge in [0.15, 0.2) is 0 Å². The summed E-state index contributed by atoms with van der Waals surface area (Å²) in [7, 11) is 0. The minimum Gasteiger partial charge on any atom is -0.358 e. The van der Waals surface area contributed by atoms with Crippen LogP contribution in [0, 0.1) is 0 Å². The number of benzene rings is 1. The molecule has 0 saturated carbocycles. The zero-order valence-electron chi connectivity index (χ0n) is 9.29. The Kier molecular flexibility index (Phi) is 1.71. The number of hydrogen-bond donors (Lipinski definition) is 2. The summed E-state index contributed by atoms with van der Waals surface area (Å²) >= 11 is 0. The average Bonchev–Trinajstić information content (AvgIpc) is 2.67. The standard InChI is InChI=1S/C14H16N2/c1-2-6-11-10(5-1)14-12-7-3-4-9(15-12)8-13(14)16-11/h1-2,5-6,9,12,15-16H,3-4,7-8H2/t9-,12+/m0/s1. The van der Waals surface area contributed by atoms with E-state index >= 15 is 0 Å². The van der Waals surface area contributed by atoms with Crippen molar-refractivity contribution < 1.29 is 0 Å². The van der Waals surface area contributed by atoms with E-state index < -0.39 is 0 Å². The molecule has 1 fully saturated rings. The van der Waals surface area contributed by atoms with Crippen molar-refractivity contribution in [3.05, 3.63) is 35.5 Å². The van der Waals surface area contributed by atoms with Crippen LogP contribution in [0.1, 0.15) is 36.6 Å². The molecular formula is C14H16N2. The van der Waals surface area contributed by atoms with Crippen LogP contribution >= 0.6 is 0 Å². The molecule has 1 aromatic heterocycles. The molecule has 0 spiro atoms. The molecule has 2 aromatic rings. The first kappa shape index (κ1) is 8.82. The quantitative estimate of drug-likeness (QED) is 0.690. The van der Waals surface area contributed by atoms with Gasteiger partial charge in [-0.2, -0.15) is 0 Å². The number of aromatic amines is 1. The Balaban J connectivity index is 1.98. The lowest BCUT2D eigenvalue weighted by Gasteiger charge is -2.36. The molecule has 16 heavy (non-hydrogen) atoms. The van der Waals surface area contributed by atoms with E-state index in [1.807, 2.05) is 0 Å². The van der Waals surface area contributed by atoms with Crippen LogP contribution in [0.3, 0.4) is 0 Å². The van der Waals surface area contributed by atoms with Gasteiger partial charge in [-0.05, 0) is 30.9 Å². The fraction of sp³-hybridized carbons (Fsp3) is 0.429. The molecule has 2 N–H and O–H groups in total. The molecule has 2 nitrogen and oxygen atoms in total. The van der Waals surface area contributed by atoms with Crippen LogP contribution in [-0.4, -0.2) is 11.0 Å². The minimum atomic E-state index is 0.596. The number of para-hydroxylation sites is 1. The van der Waals surface area contributed by atoms with Crippen LogP contribution in [0.25, 0.3) is 10.9 Å². The molecule has 0 aliphatic carbocycles. The average molecular weight is 212 g/mol. The van der Waals surface area contributed by atoms with Crippen molar-refractivity contribution in [2.75, 3.05) is 0 Å². The van der Waals surface area contributed by atoms with Crippen molar-refractivity contribution in [2.24, 2.45) is 0 Å². The number of rotatable bonds is 0. The minimum absolute atomic E-state index is 0.596. The topological polar surface area (TPSA) is 27.8 Å². The second-order valence-electron chi connectivity index (χ2n) is 5.11. The molecule has 1 aromatic carbocycles. The van der Waals surface area contributed by atoms with Gasteiger partial charge < -0.3 is 10.3 Å². The summed E-state index contributed by atoms with van der Waals surface area (Å²) in [6, 6.07) is 10.0. The molecule has 2 heteroatoms. The van der Waals surface area contributed by atoms with Crippen molar-refractivity contribution in [2.45, 2.75) is 37.8 Å². The maximum absolute atomic E-state index is 3.77. The summed E-state index contributed by atoms with van der Waals surface area (Å²) in [5.74, 6) is 0. The van der Waals surface area contributed by atoms with E-state index in [2.05, 4.69) is 34.6 Å². The Labute approximate surface area is 95.1 Å². The van der Waals surface area contributed by atoms with E-state index in [1.54, 1.807) is 5.56 Å². The van der Waals surface area contributed by atoms with Crippen molar-refractivity contribution in [3.8, 4) is 0 Å². The molecule has 82 valence electrons. The predicted octanol–water partition coefficient (Wildman–Crippen LogP) is 2.91. The lowest BCUT2D eigenvalue weighted by atomic mass is 9.84. The summed E-state index contributed by atoms with van der Waals surface area (Å²) < 4.78 is 0. The van der Waals surface area contributed by atoms with E-state index in [9.17, 15) is 0 Å². The molecule has 2 bridgehead atoms. The van der Waals surface area contributed by atoms with E-state index in [-0.39, 0.29) is 0 Å². The van der Waals surface area contributed by atoms with Gasteiger partial charge in [-0.1, -0.05) is 18.2 Å². The number of nitrogens with one attached hydrogen (secondary N) is 2. The van der Waals surface area contributed by atoms with Gasteiger partial charge >= 0.3 is 0 Å². The van der Waals surface area contributed by atoms with Gasteiger partial charge in [-0.25, -0.2) is 0 Å². The number of piperidine rings is 1. The van der Waals surface area contributed by atoms with Gasteiger partial charge in [0.05, 0.1) is 0 Å². The zero-order chi connectivity index (χ0) is 10.5. The van der Waals surface area contributed by atoms with Crippen LogP contribution in [0.2, 0.25) is 0 Å². The maximum atomic E-state index is 3.77. The van der Waals surface area contributed by atoms with Gasteiger partial charge in [0.2, 0.25) is 0 Å². The third-order valence-electron chi connectivity index (χ3n) is 4.11. The molecule has 2 atom stereocenters. The van der Waals surface area contributed by atoms with Crippen LogP contribution in [-0.2, 0) is 6.42 Å². The van der Waals surface area contributed by atoms with Gasteiger partial charge in [0.25, 0.3) is 0 Å². The lowest BCUT2D eigenvalue weighted by Crippen LogP contribution is -2.42. The van der Waals surface area contributed by atoms with Crippen LogP contribution in [0.15, 0.2) is 24.3 Å². The number of hydrogen-bond acceptors (Lipinski definition) is 1. The molecule has 4 rings (SSSR count). The Morgan fingerprint density at radius 3 is 3.06 bits per heavy atom. The highest BCUT2D eigenvalue weighted by Crippen LogP contribution is 2.38. The molecular weight excluding hydrogens is 196 g/mol. The van der Waals surface area contributed by atoms with Gasteiger partial charge in [0, 0.05) is 35.1 Å². The van der Waals surface area contributed by atoms with E-state index in [0.717, 1.165) is 0 Å². The van der Waals surface area contributed by atoms with E-state index in [0.29, 0.717) is 12.1 Å². The molecule has 0 radical (unpaired) electrons. The molecule has 3 heterocycles. The number of aromatic nitrogens is 1. The smallest absolute Gasteiger partial charge is 0.0459 e. The summed E-state index contributed by atoms with van der Waals surface area (Å²) in [5.41, 5.74) is 4.34. The fourth-order valence-electron chi connectivity index (χ4n) is 3.43. The predicted molar refractivity (Wildman–Crippen MR) is 65.5 cm³/mol. The molecule has 1 saturated heterocycles. The molecule has 2 aliphatic heterocycles. The Hall–Kier alpha value is -1.28. The second kappa shape index (κ2) is 3.11. The summed E-state index contributed by atoms with van der Waals surface area (Å²) in [6.07, 6.45) is 5.19. The first-order valence-corrected chi connectivity index (χ1v) is 6.27. The van der Waals surface area contributed by atoms with Crippen LogP contribution < -0.4 is 5.32 Å². The highest BCUT2D eigenvalue weighted by molar-refractivity contribution is 5.85. The van der Waals surface area contributed by atoms with Crippen molar-refractivity contribution in [1.29, 1.82) is 0 Å². The summed E-state index contributed by atoms with van der Waals surface area (Å²) in [6.45, 7) is 0. The summed E-state index contributed by atoms with van der Waals surface area (Å²) in [4.78, 5) is 3.60. The first-order chi connectivity index (χ1) is 7.92. The highest BCUT2D eigenvalue weighted by atomic mass is 15.0. The third-order valence-corrected chi connectivity index (χ3v) is 4.11. The Bertz CT molecular complexity index is 541. The second-order valence-corrected chi connectivity index (χ2v) is 5.11. The lowest BCUT2D eigenvalue weighted by molar-refractivity contribution is 0.302. The van der Waals surface area contributed by atoms with E-state index in [1.165, 1.54) is 42.3 Å². The molecule has 0 unspecified atom stereocenters. The highest BCUT2D eigenvalue weighted by Gasteiger charge is 2.31. The van der Waals surface area contributed by atoms with Crippen LogP contribution in [0.4, 0.5) is 0 Å². The van der Waals surface area contributed by atoms with Gasteiger partial charge in [-0.15, -0.1) is 0 Å². The van der Waals surface area contributed by atoms with Crippen molar-refractivity contribution >= 4 is 10.9 Å². The Morgan fingerprint density at radius 1 is 1.12 bits per heavy atom. The van der Waals surface area contributed by atoms with Crippen LogP contribution in [0.5, 0.6) is 0 Å². The third kappa shape index (κ3) is 1.11. The molecule has 2 aliphatic rings. The van der Waals surface area contributed by atoms with E-state index in [4.69, 9.17) is 0 Å². The SMILES string of the molecule is c1ccc2c3c([nH]c2c1)C[C@@H]1CCC[C@H]3N1. The Morgan fingerprint density at radius 2 is 2.06 bits per heavy atom. The number of H-pyrrole nitrogens is 1. The van der Waals surface area contributed by atoms with Crippen molar-refractivity contribution in [1.82, 2.24) is 10.3 Å². The number of fused-ring (bicyclic) bond motifs is 6. The largest absolute Gasteiger partial charge is 0.358 e. The van der Waals surface area contributed by atoms with Crippen molar-refractivity contribution in [3.63, 3.8) is 0 Å². The first-order valence-electron chi connectivity index (χ1n) is 6.27.